The highest BCUT2D eigenvalue weighted by molar-refractivity contribution is 7.91. The van der Waals surface area contributed by atoms with Crippen LogP contribution in [0.4, 0.5) is 0 Å². The van der Waals surface area contributed by atoms with E-state index in [9.17, 15) is 22.8 Å². The summed E-state index contributed by atoms with van der Waals surface area (Å²) in [5.41, 5.74) is 0.927. The van der Waals surface area contributed by atoms with Gasteiger partial charge in [-0.25, -0.2) is 8.42 Å². The van der Waals surface area contributed by atoms with E-state index in [1.54, 1.807) is 26.0 Å². The van der Waals surface area contributed by atoms with Gasteiger partial charge in [0.1, 0.15) is 0 Å². The number of sulfone groups is 1. The van der Waals surface area contributed by atoms with E-state index in [4.69, 9.17) is 4.74 Å². The molecule has 2 N–H and O–H groups in total. The van der Waals surface area contributed by atoms with E-state index in [-0.39, 0.29) is 29.8 Å². The van der Waals surface area contributed by atoms with Gasteiger partial charge in [-0.15, -0.1) is 0 Å². The Bertz CT molecular complexity index is 741. The summed E-state index contributed by atoms with van der Waals surface area (Å²) in [7, 11) is -3.60. The Morgan fingerprint density at radius 3 is 2.27 bits per heavy atom. The summed E-state index contributed by atoms with van der Waals surface area (Å²) in [6, 6.07) is 6.25. The lowest BCUT2D eigenvalue weighted by atomic mass is 10.2. The summed E-state index contributed by atoms with van der Waals surface area (Å²) in [5.74, 6) is -2.21. The Hall–Kier alpha value is -2.42. The SMILES string of the molecule is Cc1ccc(S(=O)(=O)CCC(=O)OCC(=O)NCC(=O)NC(C)C)cc1. The zero-order valence-corrected chi connectivity index (χ0v) is 15.9. The number of carbonyl (C=O) groups is 3. The number of aryl methyl sites for hydroxylation is 1. The normalized spacial score (nSPS) is 11.1. The van der Waals surface area contributed by atoms with E-state index in [0.717, 1.165) is 5.56 Å². The Balaban J connectivity index is 2.34. The number of hydrogen-bond donors (Lipinski definition) is 2. The number of carbonyl (C=O) groups excluding carboxylic acids is 3. The molecule has 0 heterocycles. The molecule has 0 unspecified atom stereocenters. The summed E-state index contributed by atoms with van der Waals surface area (Å²) in [6.45, 7) is 4.61. The number of nitrogens with one attached hydrogen (secondary N) is 2. The van der Waals surface area contributed by atoms with Crippen LogP contribution in [0.1, 0.15) is 25.8 Å². The predicted molar refractivity (Wildman–Crippen MR) is 95.1 cm³/mol. The maximum absolute atomic E-state index is 12.1. The third-order valence-electron chi connectivity index (χ3n) is 3.22. The molecule has 0 aromatic heterocycles. The van der Waals surface area contributed by atoms with Crippen LogP contribution in [0.2, 0.25) is 0 Å². The zero-order valence-electron chi connectivity index (χ0n) is 15.1. The fourth-order valence-electron chi connectivity index (χ4n) is 1.90. The lowest BCUT2D eigenvalue weighted by Crippen LogP contribution is -2.41. The zero-order chi connectivity index (χ0) is 19.7. The van der Waals surface area contributed by atoms with Crippen LogP contribution in [0.15, 0.2) is 29.2 Å². The Labute approximate surface area is 153 Å². The summed E-state index contributed by atoms with van der Waals surface area (Å²) >= 11 is 0. The molecule has 0 aliphatic carbocycles. The van der Waals surface area contributed by atoms with Crippen molar-refractivity contribution in [1.82, 2.24) is 10.6 Å². The van der Waals surface area contributed by atoms with Crippen LogP contribution in [0.5, 0.6) is 0 Å². The van der Waals surface area contributed by atoms with Crippen molar-refractivity contribution >= 4 is 27.6 Å². The second kappa shape index (κ2) is 9.91. The van der Waals surface area contributed by atoms with E-state index in [2.05, 4.69) is 10.6 Å². The smallest absolute Gasteiger partial charge is 0.307 e. The van der Waals surface area contributed by atoms with Gasteiger partial charge in [0.25, 0.3) is 5.91 Å². The highest BCUT2D eigenvalue weighted by Crippen LogP contribution is 2.13. The van der Waals surface area contributed by atoms with E-state index in [1.807, 2.05) is 6.92 Å². The van der Waals surface area contributed by atoms with Crippen LogP contribution >= 0.6 is 0 Å². The summed E-state index contributed by atoms with van der Waals surface area (Å²) in [4.78, 5) is 34.6. The molecular weight excluding hydrogens is 360 g/mol. The van der Waals surface area contributed by atoms with Gasteiger partial charge in [-0.05, 0) is 32.9 Å². The van der Waals surface area contributed by atoms with Gasteiger partial charge in [-0.3, -0.25) is 14.4 Å². The van der Waals surface area contributed by atoms with Crippen molar-refractivity contribution in [3.05, 3.63) is 29.8 Å². The van der Waals surface area contributed by atoms with Crippen molar-refractivity contribution in [2.75, 3.05) is 18.9 Å². The van der Waals surface area contributed by atoms with Crippen molar-refractivity contribution in [1.29, 1.82) is 0 Å². The molecule has 9 heteroatoms. The Morgan fingerprint density at radius 2 is 1.69 bits per heavy atom. The number of hydrogen-bond acceptors (Lipinski definition) is 6. The Morgan fingerprint density at radius 1 is 1.08 bits per heavy atom. The molecule has 0 radical (unpaired) electrons. The van der Waals surface area contributed by atoms with E-state index >= 15 is 0 Å². The van der Waals surface area contributed by atoms with Gasteiger partial charge in [0, 0.05) is 6.04 Å². The molecule has 0 saturated heterocycles. The molecule has 0 atom stereocenters. The van der Waals surface area contributed by atoms with Crippen LogP contribution in [0, 0.1) is 6.92 Å². The molecule has 1 aromatic carbocycles. The van der Waals surface area contributed by atoms with Crippen LogP contribution in [0.3, 0.4) is 0 Å². The largest absolute Gasteiger partial charge is 0.456 e. The molecule has 8 nitrogen and oxygen atoms in total. The van der Waals surface area contributed by atoms with Gasteiger partial charge in [-0.2, -0.15) is 0 Å². The fraction of sp³-hybridized carbons (Fsp3) is 0.471. The minimum atomic E-state index is -3.60. The summed E-state index contributed by atoms with van der Waals surface area (Å²) in [6.07, 6.45) is -0.364. The molecule has 144 valence electrons. The molecular formula is C17H24N2O6S. The first-order chi connectivity index (χ1) is 12.1. The first kappa shape index (κ1) is 21.6. The second-order valence-corrected chi connectivity index (χ2v) is 8.15. The van der Waals surface area contributed by atoms with E-state index in [1.165, 1.54) is 12.1 Å². The number of rotatable bonds is 9. The first-order valence-corrected chi connectivity index (χ1v) is 9.76. The molecule has 1 rings (SSSR count). The van der Waals surface area contributed by atoms with Gasteiger partial charge in [-0.1, -0.05) is 17.7 Å². The van der Waals surface area contributed by atoms with Crippen LogP contribution in [-0.2, 0) is 29.0 Å². The van der Waals surface area contributed by atoms with Gasteiger partial charge in [0.05, 0.1) is 23.6 Å². The Kier molecular flexibility index (Phi) is 8.24. The topological polar surface area (TPSA) is 119 Å². The van der Waals surface area contributed by atoms with Crippen molar-refractivity contribution in [3.63, 3.8) is 0 Å². The van der Waals surface area contributed by atoms with Gasteiger partial charge in [0.15, 0.2) is 16.4 Å². The highest BCUT2D eigenvalue weighted by atomic mass is 32.2. The molecule has 0 saturated carbocycles. The third-order valence-corrected chi connectivity index (χ3v) is 4.95. The standard InChI is InChI=1S/C17H24N2O6S/c1-12(2)19-15(20)10-18-16(21)11-25-17(22)8-9-26(23,24)14-6-4-13(3)5-7-14/h4-7,12H,8-11H2,1-3H3,(H,18,21)(H,19,20). The highest BCUT2D eigenvalue weighted by Gasteiger charge is 2.17. The average Bonchev–Trinajstić information content (AvgIpc) is 2.56. The van der Waals surface area contributed by atoms with Crippen molar-refractivity contribution in [2.24, 2.45) is 0 Å². The molecule has 1 aromatic rings. The molecule has 0 spiro atoms. The van der Waals surface area contributed by atoms with Crippen LogP contribution < -0.4 is 10.6 Å². The number of esters is 1. The van der Waals surface area contributed by atoms with E-state index < -0.39 is 34.1 Å². The van der Waals surface area contributed by atoms with Crippen molar-refractivity contribution < 1.29 is 27.5 Å². The van der Waals surface area contributed by atoms with Gasteiger partial charge >= 0.3 is 5.97 Å². The molecule has 0 bridgehead atoms. The quantitative estimate of drug-likeness (QED) is 0.593. The minimum absolute atomic E-state index is 0.0484. The summed E-state index contributed by atoms with van der Waals surface area (Å²) in [5, 5.41) is 4.89. The van der Waals surface area contributed by atoms with Crippen molar-refractivity contribution in [3.8, 4) is 0 Å². The maximum Gasteiger partial charge on any atom is 0.307 e. The lowest BCUT2D eigenvalue weighted by Gasteiger charge is -2.09. The molecule has 0 aliphatic heterocycles. The molecule has 26 heavy (non-hydrogen) atoms. The molecule has 0 fully saturated rings. The number of ether oxygens (including phenoxy) is 1. The monoisotopic (exact) mass is 384 g/mol. The molecule has 2 amide bonds. The summed E-state index contributed by atoms with van der Waals surface area (Å²) < 4.78 is 29.0. The van der Waals surface area contributed by atoms with Crippen LogP contribution in [0.25, 0.3) is 0 Å². The van der Waals surface area contributed by atoms with Gasteiger partial charge in [0.2, 0.25) is 5.91 Å². The fourth-order valence-corrected chi connectivity index (χ4v) is 3.12. The third kappa shape index (κ3) is 8.11. The average molecular weight is 384 g/mol. The van der Waals surface area contributed by atoms with Crippen LogP contribution in [-0.4, -0.2) is 51.1 Å². The maximum atomic E-state index is 12.1. The second-order valence-electron chi connectivity index (χ2n) is 6.04. The number of benzene rings is 1. The minimum Gasteiger partial charge on any atom is -0.456 e. The van der Waals surface area contributed by atoms with Crippen molar-refractivity contribution in [2.45, 2.75) is 38.1 Å². The lowest BCUT2D eigenvalue weighted by molar-refractivity contribution is -0.148. The molecule has 0 aliphatic rings. The van der Waals surface area contributed by atoms with E-state index in [0.29, 0.717) is 0 Å². The first-order valence-electron chi connectivity index (χ1n) is 8.11. The predicted octanol–water partition coefficient (Wildman–Crippen LogP) is 0.343. The number of amides is 2. The van der Waals surface area contributed by atoms with Gasteiger partial charge < -0.3 is 15.4 Å².